The third kappa shape index (κ3) is 6.43. The zero-order valence-electron chi connectivity index (χ0n) is 28.7. The fourth-order valence-corrected chi connectivity index (χ4v) is 7.79. The Hall–Kier alpha value is -5.00. The van der Waals surface area contributed by atoms with Crippen LogP contribution in [-0.2, 0) is 4.57 Å². The smallest absolute Gasteiger partial charge is 0.231 e. The number of piperazine rings is 1. The summed E-state index contributed by atoms with van der Waals surface area (Å²) < 4.78 is 21.6. The molecule has 5 heterocycles. The van der Waals surface area contributed by atoms with Gasteiger partial charge in [-0.3, -0.25) is 14.6 Å². The zero-order valence-corrected chi connectivity index (χ0v) is 29.6. The molecule has 49 heavy (non-hydrogen) atoms. The first-order valence-electron chi connectivity index (χ1n) is 16.5. The van der Waals surface area contributed by atoms with E-state index < -0.39 is 7.14 Å². The van der Waals surface area contributed by atoms with Crippen LogP contribution in [0.5, 0.6) is 5.75 Å². The molecular weight excluding hydrogens is 637 g/mol. The summed E-state index contributed by atoms with van der Waals surface area (Å²) >= 11 is 0. The number of rotatable bonds is 10. The Balaban J connectivity index is 1.30. The number of nitrogens with one attached hydrogen (secondary N) is 3. The number of anilines is 5. The highest BCUT2D eigenvalue weighted by Gasteiger charge is 2.25. The highest BCUT2D eigenvalue weighted by Crippen LogP contribution is 2.43. The summed E-state index contributed by atoms with van der Waals surface area (Å²) in [6.45, 7) is 14.8. The molecule has 1 fully saturated rings. The van der Waals surface area contributed by atoms with Crippen LogP contribution in [-0.4, -0.2) is 92.8 Å². The van der Waals surface area contributed by atoms with Gasteiger partial charge in [-0.05, 0) is 58.0 Å². The SMILES string of the molecule is CCN1CCN(c2cc(OC)c(Nc3nc(Nc4ccc5nccnc5c4P(C)(C)=O)c4cc[nH]c4n3)cc2-c2cnn(C(C)C)c2)CC1. The average Bonchev–Trinajstić information content (AvgIpc) is 3.78. The van der Waals surface area contributed by atoms with E-state index in [9.17, 15) is 4.57 Å². The fourth-order valence-electron chi connectivity index (χ4n) is 6.40. The number of ether oxygens (including phenoxy) is 1. The topological polar surface area (TPSA) is 142 Å². The van der Waals surface area contributed by atoms with Crippen molar-refractivity contribution >= 4 is 63.3 Å². The molecule has 1 aliphatic heterocycles. The van der Waals surface area contributed by atoms with Crippen molar-refractivity contribution in [3.8, 4) is 16.9 Å². The predicted molar refractivity (Wildman–Crippen MR) is 198 cm³/mol. The van der Waals surface area contributed by atoms with Crippen LogP contribution in [0.3, 0.4) is 0 Å². The fraction of sp³-hybridized carbons (Fsp3) is 0.343. The number of aromatic amines is 1. The molecule has 0 spiro atoms. The summed E-state index contributed by atoms with van der Waals surface area (Å²) in [6, 6.07) is 10.1. The van der Waals surface area contributed by atoms with E-state index in [-0.39, 0.29) is 6.04 Å². The van der Waals surface area contributed by atoms with E-state index in [0.717, 1.165) is 60.6 Å². The van der Waals surface area contributed by atoms with Crippen molar-refractivity contribution < 1.29 is 9.30 Å². The summed E-state index contributed by atoms with van der Waals surface area (Å²) in [6.07, 6.45) is 9.10. The van der Waals surface area contributed by atoms with Crippen LogP contribution in [0.4, 0.5) is 28.8 Å². The van der Waals surface area contributed by atoms with Crippen molar-refractivity contribution in [2.75, 3.05) is 68.7 Å². The molecule has 2 aromatic carbocycles. The second kappa shape index (κ2) is 13.1. The minimum Gasteiger partial charge on any atom is -0.494 e. The third-order valence-corrected chi connectivity index (χ3v) is 10.5. The van der Waals surface area contributed by atoms with Gasteiger partial charge in [0.15, 0.2) is 0 Å². The number of hydrogen-bond acceptors (Lipinski definition) is 11. The Morgan fingerprint density at radius 1 is 1.00 bits per heavy atom. The van der Waals surface area contributed by atoms with E-state index in [1.165, 1.54) is 0 Å². The molecule has 3 N–H and O–H groups in total. The van der Waals surface area contributed by atoms with Crippen molar-refractivity contribution in [3.63, 3.8) is 0 Å². The van der Waals surface area contributed by atoms with E-state index in [0.29, 0.717) is 45.2 Å². The maximum atomic E-state index is 13.6. The van der Waals surface area contributed by atoms with E-state index in [2.05, 4.69) is 79.6 Å². The molecule has 0 amide bonds. The van der Waals surface area contributed by atoms with Gasteiger partial charge in [-0.25, -0.2) is 0 Å². The van der Waals surface area contributed by atoms with Gasteiger partial charge in [0.05, 0.1) is 40.9 Å². The van der Waals surface area contributed by atoms with Crippen molar-refractivity contribution in [1.29, 1.82) is 0 Å². The quantitative estimate of drug-likeness (QED) is 0.142. The molecular formula is C35H42N11O2P. The van der Waals surface area contributed by atoms with Gasteiger partial charge >= 0.3 is 0 Å². The van der Waals surface area contributed by atoms with Gasteiger partial charge in [-0.1, -0.05) is 6.92 Å². The maximum absolute atomic E-state index is 13.6. The average molecular weight is 680 g/mol. The monoisotopic (exact) mass is 679 g/mol. The molecule has 0 atom stereocenters. The van der Waals surface area contributed by atoms with Gasteiger partial charge in [0.1, 0.15) is 29.9 Å². The molecule has 0 unspecified atom stereocenters. The van der Waals surface area contributed by atoms with Gasteiger partial charge in [-0.15, -0.1) is 0 Å². The Morgan fingerprint density at radius 2 is 1.80 bits per heavy atom. The third-order valence-electron chi connectivity index (χ3n) is 8.99. The number of aromatic nitrogens is 7. The number of likely N-dealkylation sites (N-methyl/N-ethyl adjacent to an activating group) is 1. The standard InChI is InChI=1S/C35H42N11O2P/c1-7-44-14-16-45(17-15-44)29-19-30(48-4)28(18-25(29)23-20-39-46(21-23)22(2)3)41-35-42-33-24(10-11-38-33)34(43-35)40-27-9-8-26-31(37-13-12-36-26)32(27)49(5,6)47/h8-13,18-22H,7,14-17H2,1-6H3,(H3,38,40,41,42,43). The lowest BCUT2D eigenvalue weighted by Crippen LogP contribution is -2.46. The molecule has 0 aliphatic carbocycles. The van der Waals surface area contributed by atoms with Crippen molar-refractivity contribution in [2.45, 2.75) is 26.8 Å². The largest absolute Gasteiger partial charge is 0.494 e. The lowest BCUT2D eigenvalue weighted by Gasteiger charge is -2.36. The first-order valence-corrected chi connectivity index (χ1v) is 19.2. The summed E-state index contributed by atoms with van der Waals surface area (Å²) in [5.74, 6) is 1.59. The minimum atomic E-state index is -2.78. The molecule has 1 saturated heterocycles. The second-order valence-corrected chi connectivity index (χ2v) is 16.1. The molecule has 6 aromatic rings. The highest BCUT2D eigenvalue weighted by atomic mass is 31.2. The zero-order chi connectivity index (χ0) is 34.3. The number of benzene rings is 2. The van der Waals surface area contributed by atoms with Gasteiger partial charge in [0.25, 0.3) is 0 Å². The van der Waals surface area contributed by atoms with Crippen LogP contribution in [0.1, 0.15) is 26.8 Å². The molecule has 254 valence electrons. The highest BCUT2D eigenvalue weighted by molar-refractivity contribution is 7.71. The second-order valence-electron chi connectivity index (χ2n) is 12.9. The number of hydrogen-bond donors (Lipinski definition) is 3. The first-order chi connectivity index (χ1) is 23.6. The number of nitrogens with zero attached hydrogens (tertiary/aromatic N) is 8. The molecule has 4 aromatic heterocycles. The van der Waals surface area contributed by atoms with Crippen LogP contribution in [0.2, 0.25) is 0 Å². The van der Waals surface area contributed by atoms with Crippen molar-refractivity contribution in [1.82, 2.24) is 39.6 Å². The van der Waals surface area contributed by atoms with Crippen LogP contribution >= 0.6 is 7.14 Å². The van der Waals surface area contributed by atoms with Crippen LogP contribution in [0.25, 0.3) is 33.2 Å². The van der Waals surface area contributed by atoms with Crippen molar-refractivity contribution in [2.24, 2.45) is 0 Å². The molecule has 0 saturated carbocycles. The summed E-state index contributed by atoms with van der Waals surface area (Å²) in [5.41, 5.74) is 6.46. The maximum Gasteiger partial charge on any atom is 0.231 e. The van der Waals surface area contributed by atoms with Crippen LogP contribution < -0.4 is 25.6 Å². The van der Waals surface area contributed by atoms with E-state index in [4.69, 9.17) is 14.7 Å². The van der Waals surface area contributed by atoms with Crippen LogP contribution in [0, 0.1) is 0 Å². The molecule has 1 aliphatic rings. The minimum absolute atomic E-state index is 0.234. The lowest BCUT2D eigenvalue weighted by atomic mass is 10.0. The molecule has 0 bridgehead atoms. The first kappa shape index (κ1) is 32.5. The van der Waals surface area contributed by atoms with Gasteiger partial charge in [0, 0.05) is 79.9 Å². The predicted octanol–water partition coefficient (Wildman–Crippen LogP) is 6.23. The van der Waals surface area contributed by atoms with E-state index >= 15 is 0 Å². The van der Waals surface area contributed by atoms with Gasteiger partial charge < -0.3 is 34.7 Å². The molecule has 13 nitrogen and oxygen atoms in total. The molecule has 14 heteroatoms. The molecule has 7 rings (SSSR count). The van der Waals surface area contributed by atoms with E-state index in [1.807, 2.05) is 35.3 Å². The van der Waals surface area contributed by atoms with Crippen molar-refractivity contribution in [3.05, 3.63) is 61.3 Å². The van der Waals surface area contributed by atoms with Gasteiger partial charge in [-0.2, -0.15) is 15.1 Å². The molecule has 0 radical (unpaired) electrons. The Bertz CT molecular complexity index is 2180. The summed E-state index contributed by atoms with van der Waals surface area (Å²) in [5, 5.41) is 13.0. The van der Waals surface area contributed by atoms with Gasteiger partial charge in [0.2, 0.25) is 5.95 Å². The Labute approximate surface area is 285 Å². The number of fused-ring (bicyclic) bond motifs is 2. The normalized spacial score (nSPS) is 14.2. The summed E-state index contributed by atoms with van der Waals surface area (Å²) in [7, 11) is -1.11. The number of methoxy groups -OCH3 is 1. The Morgan fingerprint density at radius 3 is 2.51 bits per heavy atom. The summed E-state index contributed by atoms with van der Waals surface area (Å²) in [4.78, 5) is 26.8. The van der Waals surface area contributed by atoms with Crippen LogP contribution in [0.15, 0.2) is 61.3 Å². The lowest BCUT2D eigenvalue weighted by molar-refractivity contribution is 0.271. The van der Waals surface area contributed by atoms with E-state index in [1.54, 1.807) is 32.8 Å². The Kier molecular flexibility index (Phi) is 8.72. The number of H-pyrrole nitrogens is 1.